The van der Waals surface area contributed by atoms with Gasteiger partial charge in [0.15, 0.2) is 0 Å². The molecule has 0 heterocycles. The van der Waals surface area contributed by atoms with Gasteiger partial charge in [-0.1, -0.05) is 18.0 Å². The number of hydrogen-bond donors (Lipinski definition) is 3. The average Bonchev–Trinajstić information content (AvgIpc) is 2.38. The molecule has 5 nitrogen and oxygen atoms in total. The van der Waals surface area contributed by atoms with Crippen molar-refractivity contribution in [3.05, 3.63) is 29.0 Å². The molecule has 0 aliphatic carbocycles. The van der Waals surface area contributed by atoms with Crippen LogP contribution in [0.4, 0.5) is 14.9 Å². The molecule has 0 fully saturated rings. The van der Waals surface area contributed by atoms with Gasteiger partial charge in [0, 0.05) is 18.7 Å². The maximum absolute atomic E-state index is 13.1. The van der Waals surface area contributed by atoms with Crippen molar-refractivity contribution in [2.45, 2.75) is 25.7 Å². The first-order chi connectivity index (χ1) is 9.49. The monoisotopic (exact) mass is 302 g/mol. The van der Waals surface area contributed by atoms with Crippen molar-refractivity contribution in [1.82, 2.24) is 5.32 Å². The molecule has 20 heavy (non-hydrogen) atoms. The van der Waals surface area contributed by atoms with Crippen molar-refractivity contribution in [3.8, 4) is 0 Å². The summed E-state index contributed by atoms with van der Waals surface area (Å²) in [5, 5.41) is 13.5. The minimum Gasteiger partial charge on any atom is -0.481 e. The second-order valence-electron chi connectivity index (χ2n) is 4.21. The number of amides is 2. The van der Waals surface area contributed by atoms with Crippen molar-refractivity contribution in [2.75, 3.05) is 11.9 Å². The number of carbonyl (C=O) groups excluding carboxylic acids is 1. The van der Waals surface area contributed by atoms with Crippen LogP contribution in [0.5, 0.6) is 0 Å². The van der Waals surface area contributed by atoms with Gasteiger partial charge in [-0.15, -0.1) is 0 Å². The number of benzene rings is 1. The summed E-state index contributed by atoms with van der Waals surface area (Å²) in [4.78, 5) is 21.8. The van der Waals surface area contributed by atoms with E-state index in [2.05, 4.69) is 10.6 Å². The predicted octanol–water partition coefficient (Wildman–Crippen LogP) is 3.25. The Morgan fingerprint density at radius 2 is 2.00 bits per heavy atom. The lowest BCUT2D eigenvalue weighted by Crippen LogP contribution is -2.29. The molecule has 1 aromatic rings. The summed E-state index contributed by atoms with van der Waals surface area (Å²) in [7, 11) is 0. The first-order valence-corrected chi connectivity index (χ1v) is 6.58. The van der Waals surface area contributed by atoms with Crippen LogP contribution in [-0.2, 0) is 4.79 Å². The SMILES string of the molecule is O=C(O)CCCCCNC(=O)Nc1ccc(Cl)c(F)c1. The molecular weight excluding hydrogens is 287 g/mol. The molecule has 0 saturated carbocycles. The summed E-state index contributed by atoms with van der Waals surface area (Å²) < 4.78 is 13.1. The number of urea groups is 1. The van der Waals surface area contributed by atoms with Crippen LogP contribution in [0.2, 0.25) is 5.02 Å². The Balaban J connectivity index is 2.20. The highest BCUT2D eigenvalue weighted by Gasteiger charge is 2.04. The van der Waals surface area contributed by atoms with Gasteiger partial charge in [-0.3, -0.25) is 4.79 Å². The Kier molecular flexibility index (Phi) is 6.79. The molecule has 0 bridgehead atoms. The Bertz CT molecular complexity index is 483. The van der Waals surface area contributed by atoms with Crippen molar-refractivity contribution >= 4 is 29.3 Å². The largest absolute Gasteiger partial charge is 0.481 e. The molecule has 7 heteroatoms. The van der Waals surface area contributed by atoms with Gasteiger partial charge < -0.3 is 15.7 Å². The van der Waals surface area contributed by atoms with Crippen LogP contribution < -0.4 is 10.6 Å². The summed E-state index contributed by atoms with van der Waals surface area (Å²) in [5.41, 5.74) is 0.315. The van der Waals surface area contributed by atoms with Crippen LogP contribution in [-0.4, -0.2) is 23.7 Å². The zero-order valence-electron chi connectivity index (χ0n) is 10.8. The van der Waals surface area contributed by atoms with E-state index < -0.39 is 17.8 Å². The van der Waals surface area contributed by atoms with E-state index in [1.165, 1.54) is 12.1 Å². The molecule has 0 spiro atoms. The Labute approximate surface area is 121 Å². The molecule has 110 valence electrons. The van der Waals surface area contributed by atoms with Gasteiger partial charge in [0.05, 0.1) is 5.02 Å². The van der Waals surface area contributed by atoms with Crippen LogP contribution >= 0.6 is 11.6 Å². The fourth-order valence-corrected chi connectivity index (χ4v) is 1.65. The summed E-state index contributed by atoms with van der Waals surface area (Å²) in [6.45, 7) is 0.432. The summed E-state index contributed by atoms with van der Waals surface area (Å²) in [6, 6.07) is 3.55. The van der Waals surface area contributed by atoms with Crippen molar-refractivity contribution in [2.24, 2.45) is 0 Å². The van der Waals surface area contributed by atoms with E-state index in [4.69, 9.17) is 16.7 Å². The normalized spacial score (nSPS) is 10.1. The lowest BCUT2D eigenvalue weighted by atomic mass is 10.2. The number of carboxylic acids is 1. The number of hydrogen-bond acceptors (Lipinski definition) is 2. The maximum atomic E-state index is 13.1. The summed E-state index contributed by atoms with van der Waals surface area (Å²) in [5.74, 6) is -1.42. The van der Waals surface area contributed by atoms with Crippen molar-refractivity contribution in [3.63, 3.8) is 0 Å². The van der Waals surface area contributed by atoms with E-state index in [-0.39, 0.29) is 11.4 Å². The summed E-state index contributed by atoms with van der Waals surface area (Å²) >= 11 is 5.53. The van der Waals surface area contributed by atoms with E-state index in [0.29, 0.717) is 25.1 Å². The molecule has 2 amide bonds. The third-order valence-electron chi connectivity index (χ3n) is 2.53. The average molecular weight is 303 g/mol. The number of unbranched alkanes of at least 4 members (excludes halogenated alkanes) is 2. The molecule has 0 aromatic heterocycles. The standard InChI is InChI=1S/C13H16ClFN2O3/c14-10-6-5-9(8-11(10)15)17-13(20)16-7-3-1-2-4-12(18)19/h5-6,8H,1-4,7H2,(H,18,19)(H2,16,17,20). The molecule has 0 aliphatic rings. The Morgan fingerprint density at radius 3 is 2.65 bits per heavy atom. The molecular formula is C13H16ClFN2O3. The second kappa shape index (κ2) is 8.37. The second-order valence-corrected chi connectivity index (χ2v) is 4.62. The van der Waals surface area contributed by atoms with Crippen molar-refractivity contribution < 1.29 is 19.1 Å². The fourth-order valence-electron chi connectivity index (χ4n) is 1.53. The van der Waals surface area contributed by atoms with Crippen LogP contribution in [0.25, 0.3) is 0 Å². The number of nitrogens with one attached hydrogen (secondary N) is 2. The van der Waals surface area contributed by atoms with Crippen LogP contribution in [0, 0.1) is 5.82 Å². The highest BCUT2D eigenvalue weighted by Crippen LogP contribution is 2.18. The van der Waals surface area contributed by atoms with Gasteiger partial charge in [0.1, 0.15) is 5.82 Å². The van der Waals surface area contributed by atoms with E-state index in [1.807, 2.05) is 0 Å². The zero-order chi connectivity index (χ0) is 15.0. The van der Waals surface area contributed by atoms with E-state index >= 15 is 0 Å². The molecule has 0 atom stereocenters. The van der Waals surface area contributed by atoms with Gasteiger partial charge in [0.2, 0.25) is 0 Å². The van der Waals surface area contributed by atoms with Gasteiger partial charge in [0.25, 0.3) is 0 Å². The lowest BCUT2D eigenvalue weighted by molar-refractivity contribution is -0.137. The number of carbonyl (C=O) groups is 2. The van der Waals surface area contributed by atoms with Crippen molar-refractivity contribution in [1.29, 1.82) is 0 Å². The molecule has 0 saturated heterocycles. The van der Waals surface area contributed by atoms with Gasteiger partial charge >= 0.3 is 12.0 Å². The first-order valence-electron chi connectivity index (χ1n) is 6.20. The molecule has 0 unspecified atom stereocenters. The van der Waals surface area contributed by atoms with Crippen LogP contribution in [0.15, 0.2) is 18.2 Å². The highest BCUT2D eigenvalue weighted by molar-refractivity contribution is 6.30. The number of rotatable bonds is 7. The minimum absolute atomic E-state index is 0.00520. The van der Waals surface area contributed by atoms with Crippen LogP contribution in [0.3, 0.4) is 0 Å². The molecule has 0 aliphatic heterocycles. The van der Waals surface area contributed by atoms with E-state index in [9.17, 15) is 14.0 Å². The zero-order valence-corrected chi connectivity index (χ0v) is 11.5. The van der Waals surface area contributed by atoms with Gasteiger partial charge in [-0.2, -0.15) is 0 Å². The predicted molar refractivity (Wildman–Crippen MR) is 74.5 cm³/mol. The third-order valence-corrected chi connectivity index (χ3v) is 2.84. The quantitative estimate of drug-likeness (QED) is 0.677. The molecule has 3 N–H and O–H groups in total. The minimum atomic E-state index is -0.819. The fraction of sp³-hybridized carbons (Fsp3) is 0.385. The maximum Gasteiger partial charge on any atom is 0.319 e. The van der Waals surface area contributed by atoms with Gasteiger partial charge in [-0.25, -0.2) is 9.18 Å². The lowest BCUT2D eigenvalue weighted by Gasteiger charge is -2.07. The molecule has 1 rings (SSSR count). The number of aliphatic carboxylic acids is 1. The molecule has 0 radical (unpaired) electrons. The third kappa shape index (κ3) is 6.38. The topological polar surface area (TPSA) is 78.4 Å². The molecule has 1 aromatic carbocycles. The Hall–Kier alpha value is -1.82. The summed E-state index contributed by atoms with van der Waals surface area (Å²) in [6.07, 6.45) is 2.13. The Morgan fingerprint density at radius 1 is 1.25 bits per heavy atom. The van der Waals surface area contributed by atoms with E-state index in [0.717, 1.165) is 12.5 Å². The number of carboxylic acid groups (broad SMARTS) is 1. The van der Waals surface area contributed by atoms with E-state index in [1.54, 1.807) is 0 Å². The van der Waals surface area contributed by atoms with Gasteiger partial charge in [-0.05, 0) is 31.0 Å². The highest BCUT2D eigenvalue weighted by atomic mass is 35.5. The number of anilines is 1. The van der Waals surface area contributed by atoms with Crippen LogP contribution in [0.1, 0.15) is 25.7 Å². The first kappa shape index (κ1) is 16.2. The smallest absolute Gasteiger partial charge is 0.319 e. The number of halogens is 2.